The van der Waals surface area contributed by atoms with Crippen LogP contribution in [0, 0.1) is 18.3 Å². The molecule has 5 nitrogen and oxygen atoms in total. The number of benzene rings is 1. The van der Waals surface area contributed by atoms with Crippen molar-refractivity contribution < 1.29 is 4.79 Å². The Balaban J connectivity index is 2.14. The zero-order valence-corrected chi connectivity index (χ0v) is 19.0. The first-order chi connectivity index (χ1) is 14.5. The number of nitrogens with zero attached hydrogens (tertiary/aromatic N) is 3. The number of rotatable bonds is 12. The average Bonchev–Trinajstić information content (AvgIpc) is 3.00. The van der Waals surface area contributed by atoms with Crippen LogP contribution in [0.5, 0.6) is 0 Å². The third-order valence-corrected chi connectivity index (χ3v) is 5.52. The number of fused-ring (bicyclic) bond motifs is 1. The van der Waals surface area contributed by atoms with Gasteiger partial charge in [0.2, 0.25) is 0 Å². The standard InChI is InChI=1S/C25H36N4O/c1-5-6-7-8-9-12-15-27-25(30)21(19-26)18-23-20(2)29(17-16-28(3)4)24-14-11-10-13-22(23)24/h10-11,13-14,18H,5-9,12,15-17H2,1-4H3,(H,27,30)/b21-18+. The van der Waals surface area contributed by atoms with Crippen molar-refractivity contribution in [2.45, 2.75) is 58.9 Å². The minimum atomic E-state index is -0.282. The number of para-hydroxylation sites is 1. The second kappa shape index (κ2) is 12.2. The first kappa shape index (κ1) is 23.7. The van der Waals surface area contributed by atoms with E-state index in [0.717, 1.165) is 48.1 Å². The van der Waals surface area contributed by atoms with Gasteiger partial charge in [-0.3, -0.25) is 4.79 Å². The van der Waals surface area contributed by atoms with Crippen molar-refractivity contribution in [1.29, 1.82) is 5.26 Å². The summed E-state index contributed by atoms with van der Waals surface area (Å²) in [7, 11) is 4.12. The molecule has 1 amide bonds. The first-order valence-electron chi connectivity index (χ1n) is 11.1. The van der Waals surface area contributed by atoms with Crippen LogP contribution in [0.2, 0.25) is 0 Å². The van der Waals surface area contributed by atoms with Gasteiger partial charge in [0.25, 0.3) is 5.91 Å². The molecule has 1 aromatic carbocycles. The van der Waals surface area contributed by atoms with Crippen molar-refractivity contribution in [2.24, 2.45) is 0 Å². The highest BCUT2D eigenvalue weighted by molar-refractivity contribution is 6.04. The predicted octanol–water partition coefficient (Wildman–Crippen LogP) is 4.90. The Morgan fingerprint density at radius 2 is 1.87 bits per heavy atom. The molecule has 2 rings (SSSR count). The highest BCUT2D eigenvalue weighted by atomic mass is 16.1. The fraction of sp³-hybridized carbons (Fsp3) is 0.520. The molecule has 162 valence electrons. The van der Waals surface area contributed by atoms with E-state index in [9.17, 15) is 10.1 Å². The molecule has 0 atom stereocenters. The number of nitrogens with one attached hydrogen (secondary N) is 1. The van der Waals surface area contributed by atoms with Gasteiger partial charge in [-0.1, -0.05) is 57.2 Å². The molecule has 5 heteroatoms. The number of hydrogen-bond donors (Lipinski definition) is 1. The highest BCUT2D eigenvalue weighted by Gasteiger charge is 2.15. The lowest BCUT2D eigenvalue weighted by Gasteiger charge is -2.13. The van der Waals surface area contributed by atoms with E-state index in [1.807, 2.05) is 12.1 Å². The summed E-state index contributed by atoms with van der Waals surface area (Å²) in [6.07, 6.45) is 8.79. The predicted molar refractivity (Wildman–Crippen MR) is 125 cm³/mol. The van der Waals surface area contributed by atoms with E-state index < -0.39 is 0 Å². The van der Waals surface area contributed by atoms with E-state index in [0.29, 0.717) is 6.54 Å². The average molecular weight is 409 g/mol. The molecule has 2 aromatic rings. The number of nitriles is 1. The SMILES string of the molecule is CCCCCCCCNC(=O)/C(C#N)=C/c1c(C)n(CCN(C)C)c2ccccc12. The second-order valence-corrected chi connectivity index (χ2v) is 8.16. The molecule has 1 N–H and O–H groups in total. The van der Waals surface area contributed by atoms with E-state index in [-0.39, 0.29) is 11.5 Å². The molecule has 0 spiro atoms. The van der Waals surface area contributed by atoms with Gasteiger partial charge < -0.3 is 14.8 Å². The fourth-order valence-electron chi connectivity index (χ4n) is 3.72. The molecule has 1 heterocycles. The Kier molecular flexibility index (Phi) is 9.63. The van der Waals surface area contributed by atoms with Gasteiger partial charge in [0.15, 0.2) is 0 Å². The number of likely N-dealkylation sites (N-methyl/N-ethyl adjacent to an activating group) is 1. The summed E-state index contributed by atoms with van der Waals surface area (Å²) in [6.45, 7) is 6.67. The molecular formula is C25H36N4O. The van der Waals surface area contributed by atoms with Gasteiger partial charge in [-0.05, 0) is 39.6 Å². The van der Waals surface area contributed by atoms with Crippen LogP contribution in [0.3, 0.4) is 0 Å². The number of amides is 1. The van der Waals surface area contributed by atoms with Crippen LogP contribution >= 0.6 is 0 Å². The van der Waals surface area contributed by atoms with Crippen LogP contribution in [-0.4, -0.2) is 42.6 Å². The quantitative estimate of drug-likeness (QED) is 0.309. The third-order valence-electron chi connectivity index (χ3n) is 5.52. The summed E-state index contributed by atoms with van der Waals surface area (Å²) in [5, 5.41) is 13.6. The second-order valence-electron chi connectivity index (χ2n) is 8.16. The van der Waals surface area contributed by atoms with E-state index in [4.69, 9.17) is 0 Å². The van der Waals surface area contributed by atoms with Crippen LogP contribution in [0.4, 0.5) is 0 Å². The molecule has 0 radical (unpaired) electrons. The smallest absolute Gasteiger partial charge is 0.261 e. The first-order valence-corrected chi connectivity index (χ1v) is 11.1. The molecule has 30 heavy (non-hydrogen) atoms. The maximum absolute atomic E-state index is 12.6. The minimum Gasteiger partial charge on any atom is -0.351 e. The van der Waals surface area contributed by atoms with Crippen LogP contribution in [0.25, 0.3) is 17.0 Å². The lowest BCUT2D eigenvalue weighted by Crippen LogP contribution is -2.25. The molecule has 0 fully saturated rings. The number of aromatic nitrogens is 1. The summed E-state index contributed by atoms with van der Waals surface area (Å²) in [5.41, 5.74) is 3.33. The molecule has 0 aliphatic carbocycles. The summed E-state index contributed by atoms with van der Waals surface area (Å²) >= 11 is 0. The number of carbonyl (C=O) groups is 1. The van der Waals surface area contributed by atoms with E-state index in [1.165, 1.54) is 25.7 Å². The van der Waals surface area contributed by atoms with Gasteiger partial charge in [-0.2, -0.15) is 5.26 Å². The lowest BCUT2D eigenvalue weighted by molar-refractivity contribution is -0.117. The van der Waals surface area contributed by atoms with Gasteiger partial charge in [0, 0.05) is 41.8 Å². The largest absolute Gasteiger partial charge is 0.351 e. The van der Waals surface area contributed by atoms with Crippen molar-refractivity contribution in [2.75, 3.05) is 27.2 Å². The Labute approximate surface area is 181 Å². The normalized spacial score (nSPS) is 11.8. The maximum Gasteiger partial charge on any atom is 0.261 e. The van der Waals surface area contributed by atoms with Crippen molar-refractivity contribution in [3.05, 3.63) is 41.1 Å². The van der Waals surface area contributed by atoms with Crippen molar-refractivity contribution >= 4 is 22.9 Å². The van der Waals surface area contributed by atoms with E-state index in [2.05, 4.69) is 60.9 Å². The third kappa shape index (κ3) is 6.47. The molecule has 1 aromatic heterocycles. The Bertz CT molecular complexity index is 902. The molecule has 0 saturated heterocycles. The summed E-state index contributed by atoms with van der Waals surface area (Å²) < 4.78 is 2.27. The minimum absolute atomic E-state index is 0.166. The lowest BCUT2D eigenvalue weighted by atomic mass is 10.1. The Morgan fingerprint density at radius 1 is 1.17 bits per heavy atom. The van der Waals surface area contributed by atoms with Gasteiger partial charge in [-0.15, -0.1) is 0 Å². The number of unbranched alkanes of at least 4 members (excludes halogenated alkanes) is 5. The van der Waals surface area contributed by atoms with Crippen LogP contribution in [0.15, 0.2) is 29.8 Å². The molecule has 0 bridgehead atoms. The molecule has 0 aliphatic rings. The van der Waals surface area contributed by atoms with E-state index in [1.54, 1.807) is 6.08 Å². The van der Waals surface area contributed by atoms with Gasteiger partial charge in [0.1, 0.15) is 11.6 Å². The highest BCUT2D eigenvalue weighted by Crippen LogP contribution is 2.28. The van der Waals surface area contributed by atoms with Gasteiger partial charge >= 0.3 is 0 Å². The maximum atomic E-state index is 12.6. The number of hydrogen-bond acceptors (Lipinski definition) is 3. The van der Waals surface area contributed by atoms with Crippen LogP contribution in [0.1, 0.15) is 56.7 Å². The van der Waals surface area contributed by atoms with Crippen LogP contribution in [-0.2, 0) is 11.3 Å². The summed E-state index contributed by atoms with van der Waals surface area (Å²) in [5.74, 6) is -0.282. The topological polar surface area (TPSA) is 61.1 Å². The molecule has 0 unspecified atom stereocenters. The van der Waals surface area contributed by atoms with Crippen molar-refractivity contribution in [1.82, 2.24) is 14.8 Å². The Hall–Kier alpha value is -2.58. The van der Waals surface area contributed by atoms with Crippen molar-refractivity contribution in [3.8, 4) is 6.07 Å². The van der Waals surface area contributed by atoms with Crippen LogP contribution < -0.4 is 5.32 Å². The number of carbonyl (C=O) groups excluding carboxylic acids is 1. The molecule has 0 saturated carbocycles. The zero-order chi connectivity index (χ0) is 21.9. The zero-order valence-electron chi connectivity index (χ0n) is 19.0. The van der Waals surface area contributed by atoms with Gasteiger partial charge in [0.05, 0.1) is 0 Å². The monoisotopic (exact) mass is 408 g/mol. The molecular weight excluding hydrogens is 372 g/mol. The summed E-state index contributed by atoms with van der Waals surface area (Å²) in [4.78, 5) is 14.7. The van der Waals surface area contributed by atoms with E-state index >= 15 is 0 Å². The fourth-order valence-corrected chi connectivity index (χ4v) is 3.72. The molecule has 0 aliphatic heterocycles. The summed E-state index contributed by atoms with van der Waals surface area (Å²) in [6, 6.07) is 10.3. The van der Waals surface area contributed by atoms with Crippen molar-refractivity contribution in [3.63, 3.8) is 0 Å². The Morgan fingerprint density at radius 3 is 2.57 bits per heavy atom. The van der Waals surface area contributed by atoms with Gasteiger partial charge in [-0.25, -0.2) is 0 Å².